The summed E-state index contributed by atoms with van der Waals surface area (Å²) in [4.78, 5) is 35.5. The predicted molar refractivity (Wildman–Crippen MR) is 78.1 cm³/mol. The fourth-order valence-corrected chi connectivity index (χ4v) is 1.88. The number of nitrogens with zero attached hydrogens (tertiary/aromatic N) is 1. The minimum Gasteiger partial charge on any atom is -0.497 e. The first-order valence-corrected chi connectivity index (χ1v) is 6.67. The van der Waals surface area contributed by atoms with Gasteiger partial charge in [-0.05, 0) is 23.8 Å². The van der Waals surface area contributed by atoms with Crippen molar-refractivity contribution in [3.63, 3.8) is 0 Å². The van der Waals surface area contributed by atoms with E-state index in [9.17, 15) is 14.4 Å². The monoisotopic (exact) mass is 304 g/mol. The fourth-order valence-electron chi connectivity index (χ4n) is 1.88. The highest BCUT2D eigenvalue weighted by molar-refractivity contribution is 5.97. The quantitative estimate of drug-likeness (QED) is 0.642. The van der Waals surface area contributed by atoms with E-state index in [-0.39, 0.29) is 6.54 Å². The Hall–Kier alpha value is -2.83. The van der Waals surface area contributed by atoms with Crippen LogP contribution in [-0.2, 0) is 14.3 Å². The van der Waals surface area contributed by atoms with Gasteiger partial charge in [-0.3, -0.25) is 9.69 Å². The van der Waals surface area contributed by atoms with Crippen LogP contribution in [0.1, 0.15) is 5.56 Å². The molecule has 2 rings (SSSR count). The number of ether oxygens (including phenoxy) is 2. The molecule has 1 heterocycles. The lowest BCUT2D eigenvalue weighted by Crippen LogP contribution is -2.37. The first-order valence-electron chi connectivity index (χ1n) is 6.67. The number of esters is 1. The molecule has 0 spiro atoms. The number of hydrogen-bond donors (Lipinski definition) is 1. The molecule has 0 bridgehead atoms. The molecule has 1 aromatic carbocycles. The van der Waals surface area contributed by atoms with Gasteiger partial charge in [-0.25, -0.2) is 9.59 Å². The van der Waals surface area contributed by atoms with Gasteiger partial charge in [-0.15, -0.1) is 0 Å². The molecule has 1 aliphatic rings. The molecule has 1 fully saturated rings. The molecule has 0 atom stereocenters. The average molecular weight is 304 g/mol. The predicted octanol–water partition coefficient (Wildman–Crippen LogP) is 0.803. The van der Waals surface area contributed by atoms with E-state index in [4.69, 9.17) is 9.47 Å². The van der Waals surface area contributed by atoms with E-state index in [1.165, 1.54) is 6.08 Å². The SMILES string of the molecule is COc1cccc(/C=C/C(=O)OCC(=O)N2CCNC2=O)c1. The summed E-state index contributed by atoms with van der Waals surface area (Å²) in [6.07, 6.45) is 2.77. The Morgan fingerprint density at radius 2 is 2.23 bits per heavy atom. The molecule has 0 radical (unpaired) electrons. The maximum absolute atomic E-state index is 11.7. The van der Waals surface area contributed by atoms with Crippen LogP contribution in [0.5, 0.6) is 5.75 Å². The molecule has 0 unspecified atom stereocenters. The number of nitrogens with one attached hydrogen (secondary N) is 1. The Kier molecular flexibility index (Phi) is 5.13. The Bertz CT molecular complexity index is 612. The number of amides is 3. The standard InChI is InChI=1S/C15H16N2O5/c1-21-12-4-2-3-11(9-12)5-6-14(19)22-10-13(18)17-8-7-16-15(17)20/h2-6,9H,7-8,10H2,1H3,(H,16,20)/b6-5+. The zero-order valence-corrected chi connectivity index (χ0v) is 12.1. The second kappa shape index (κ2) is 7.26. The van der Waals surface area contributed by atoms with Gasteiger partial charge in [0.05, 0.1) is 7.11 Å². The third-order valence-electron chi connectivity index (χ3n) is 3.00. The summed E-state index contributed by atoms with van der Waals surface area (Å²) in [5.41, 5.74) is 0.765. The molecular weight excluding hydrogens is 288 g/mol. The van der Waals surface area contributed by atoms with Gasteiger partial charge in [0.1, 0.15) is 5.75 Å². The van der Waals surface area contributed by atoms with Crippen molar-refractivity contribution in [3.8, 4) is 5.75 Å². The number of hydrogen-bond acceptors (Lipinski definition) is 5. The fraction of sp³-hybridized carbons (Fsp3) is 0.267. The Labute approximate surface area is 127 Å². The van der Waals surface area contributed by atoms with Gasteiger partial charge in [-0.1, -0.05) is 12.1 Å². The van der Waals surface area contributed by atoms with Crippen LogP contribution in [0.2, 0.25) is 0 Å². The van der Waals surface area contributed by atoms with Crippen LogP contribution < -0.4 is 10.1 Å². The lowest BCUT2D eigenvalue weighted by Gasteiger charge is -2.11. The summed E-state index contributed by atoms with van der Waals surface area (Å²) in [6.45, 7) is 0.234. The molecule has 116 valence electrons. The summed E-state index contributed by atoms with van der Waals surface area (Å²) >= 11 is 0. The number of carbonyl (C=O) groups is 3. The van der Waals surface area contributed by atoms with Gasteiger partial charge in [0.2, 0.25) is 0 Å². The minimum atomic E-state index is -0.657. The molecule has 7 nitrogen and oxygen atoms in total. The third-order valence-corrected chi connectivity index (χ3v) is 3.00. The summed E-state index contributed by atoms with van der Waals surface area (Å²) in [5.74, 6) is -0.528. The summed E-state index contributed by atoms with van der Waals surface area (Å²) in [7, 11) is 1.55. The van der Waals surface area contributed by atoms with Crippen LogP contribution >= 0.6 is 0 Å². The molecule has 0 saturated carbocycles. The van der Waals surface area contributed by atoms with Crippen LogP contribution in [0, 0.1) is 0 Å². The van der Waals surface area contributed by atoms with Crippen molar-refractivity contribution < 1.29 is 23.9 Å². The highest BCUT2D eigenvalue weighted by Crippen LogP contribution is 2.13. The summed E-state index contributed by atoms with van der Waals surface area (Å²) in [6, 6.07) is 6.66. The lowest BCUT2D eigenvalue weighted by molar-refractivity contribution is -0.146. The number of benzene rings is 1. The number of rotatable bonds is 5. The second-order valence-electron chi connectivity index (χ2n) is 4.49. The van der Waals surface area contributed by atoms with E-state index in [2.05, 4.69) is 5.32 Å². The van der Waals surface area contributed by atoms with Crippen LogP contribution in [0.15, 0.2) is 30.3 Å². The maximum atomic E-state index is 11.7. The molecule has 1 aromatic rings. The largest absolute Gasteiger partial charge is 0.497 e. The van der Waals surface area contributed by atoms with Gasteiger partial charge in [0.15, 0.2) is 6.61 Å². The summed E-state index contributed by atoms with van der Waals surface area (Å²) in [5, 5.41) is 2.50. The lowest BCUT2D eigenvalue weighted by atomic mass is 10.2. The van der Waals surface area contributed by atoms with E-state index in [0.29, 0.717) is 12.3 Å². The molecular formula is C15H16N2O5. The zero-order valence-electron chi connectivity index (χ0n) is 12.1. The molecule has 0 aliphatic carbocycles. The molecule has 22 heavy (non-hydrogen) atoms. The van der Waals surface area contributed by atoms with Crippen LogP contribution in [-0.4, -0.2) is 49.6 Å². The van der Waals surface area contributed by atoms with Crippen molar-refractivity contribution in [1.82, 2.24) is 10.2 Å². The van der Waals surface area contributed by atoms with Gasteiger partial charge < -0.3 is 14.8 Å². The van der Waals surface area contributed by atoms with Crippen LogP contribution in [0.3, 0.4) is 0 Å². The number of imide groups is 1. The molecule has 1 N–H and O–H groups in total. The normalized spacial score (nSPS) is 14.0. The van der Waals surface area contributed by atoms with Gasteiger partial charge in [0.25, 0.3) is 5.91 Å². The Balaban J connectivity index is 1.83. The topological polar surface area (TPSA) is 84.9 Å². The first kappa shape index (κ1) is 15.6. The van der Waals surface area contributed by atoms with Crippen molar-refractivity contribution in [2.24, 2.45) is 0 Å². The molecule has 0 aromatic heterocycles. The number of methoxy groups -OCH3 is 1. The Morgan fingerprint density at radius 3 is 2.91 bits per heavy atom. The van der Waals surface area contributed by atoms with E-state index < -0.39 is 24.5 Å². The molecule has 3 amide bonds. The second-order valence-corrected chi connectivity index (χ2v) is 4.49. The third kappa shape index (κ3) is 4.08. The zero-order chi connectivity index (χ0) is 15.9. The maximum Gasteiger partial charge on any atom is 0.331 e. The number of urea groups is 1. The van der Waals surface area contributed by atoms with E-state index in [0.717, 1.165) is 10.5 Å². The van der Waals surface area contributed by atoms with E-state index >= 15 is 0 Å². The smallest absolute Gasteiger partial charge is 0.331 e. The van der Waals surface area contributed by atoms with Crippen molar-refractivity contribution in [2.75, 3.05) is 26.8 Å². The molecule has 1 saturated heterocycles. The van der Waals surface area contributed by atoms with Crippen molar-refractivity contribution in [1.29, 1.82) is 0 Å². The highest BCUT2D eigenvalue weighted by atomic mass is 16.5. The van der Waals surface area contributed by atoms with Crippen LogP contribution in [0.4, 0.5) is 4.79 Å². The van der Waals surface area contributed by atoms with Gasteiger partial charge in [-0.2, -0.15) is 0 Å². The average Bonchev–Trinajstić information content (AvgIpc) is 2.97. The van der Waals surface area contributed by atoms with E-state index in [1.54, 1.807) is 37.5 Å². The minimum absolute atomic E-state index is 0.287. The summed E-state index contributed by atoms with van der Waals surface area (Å²) < 4.78 is 9.88. The van der Waals surface area contributed by atoms with Gasteiger partial charge >= 0.3 is 12.0 Å². The Morgan fingerprint density at radius 1 is 1.41 bits per heavy atom. The van der Waals surface area contributed by atoms with Crippen molar-refractivity contribution in [3.05, 3.63) is 35.9 Å². The molecule has 1 aliphatic heterocycles. The number of carbonyl (C=O) groups excluding carboxylic acids is 3. The van der Waals surface area contributed by atoms with Crippen molar-refractivity contribution >= 4 is 24.0 Å². The van der Waals surface area contributed by atoms with E-state index in [1.807, 2.05) is 0 Å². The first-order chi connectivity index (χ1) is 10.6. The van der Waals surface area contributed by atoms with Crippen LogP contribution in [0.25, 0.3) is 6.08 Å². The highest BCUT2D eigenvalue weighted by Gasteiger charge is 2.26. The molecule has 7 heteroatoms. The van der Waals surface area contributed by atoms with Crippen molar-refractivity contribution in [2.45, 2.75) is 0 Å². The van der Waals surface area contributed by atoms with Gasteiger partial charge in [0, 0.05) is 19.2 Å².